The molecule has 5 nitrogen and oxygen atoms in total. The Morgan fingerprint density at radius 3 is 2.55 bits per heavy atom. The van der Waals surface area contributed by atoms with Crippen molar-refractivity contribution in [1.82, 2.24) is 0 Å². The molecule has 0 amide bonds. The summed E-state index contributed by atoms with van der Waals surface area (Å²) in [4.78, 5) is 23.8. The van der Waals surface area contributed by atoms with Gasteiger partial charge in [-0.05, 0) is 36.1 Å². The lowest BCUT2D eigenvalue weighted by molar-refractivity contribution is -0.154. The second-order valence-electron chi connectivity index (χ2n) is 4.33. The molecule has 1 aromatic heterocycles. The first-order chi connectivity index (χ1) is 9.56. The van der Waals surface area contributed by atoms with Crippen molar-refractivity contribution in [2.75, 3.05) is 0 Å². The summed E-state index contributed by atoms with van der Waals surface area (Å²) < 4.78 is 10.3. The van der Waals surface area contributed by atoms with Gasteiger partial charge >= 0.3 is 12.3 Å². The van der Waals surface area contributed by atoms with Gasteiger partial charge in [-0.3, -0.25) is 4.79 Å². The van der Waals surface area contributed by atoms with Gasteiger partial charge in [-0.15, -0.1) is 11.3 Å². The van der Waals surface area contributed by atoms with E-state index in [0.29, 0.717) is 16.2 Å². The van der Waals surface area contributed by atoms with Crippen molar-refractivity contribution >= 4 is 23.1 Å². The lowest BCUT2D eigenvalue weighted by atomic mass is 10.0. The summed E-state index contributed by atoms with van der Waals surface area (Å²) >= 11 is 1.36. The van der Waals surface area contributed by atoms with Gasteiger partial charge in [0.2, 0.25) is 5.78 Å². The van der Waals surface area contributed by atoms with Crippen molar-refractivity contribution in [1.29, 1.82) is 0 Å². The van der Waals surface area contributed by atoms with Crippen molar-refractivity contribution < 1.29 is 24.2 Å². The Bertz CT molecular complexity index is 690. The summed E-state index contributed by atoms with van der Waals surface area (Å²) in [5.74, 6) is -0.687. The van der Waals surface area contributed by atoms with Crippen molar-refractivity contribution in [2.45, 2.75) is 13.2 Å². The molecule has 1 aliphatic heterocycles. The molecule has 1 unspecified atom stereocenters. The normalized spacial score (nSPS) is 16.1. The minimum atomic E-state index is -1.35. The molecule has 2 aromatic rings. The zero-order valence-corrected chi connectivity index (χ0v) is 11.3. The first-order valence-electron chi connectivity index (χ1n) is 5.85. The standard InChI is InChI=1S/C14H10O5S/c1-7-5-9-10(19-14(18-9)13(16)17)6-8(7)12(15)11-3-2-4-20-11/h2-6,14H,1H3,(H,16,17). The maximum atomic E-state index is 12.3. The number of carbonyl (C=O) groups is 2. The Labute approximate surface area is 118 Å². The Hall–Kier alpha value is -2.34. The predicted octanol–water partition coefficient (Wildman–Crippen LogP) is 2.47. The molecule has 3 rings (SSSR count). The molecule has 0 saturated heterocycles. The summed E-state index contributed by atoms with van der Waals surface area (Å²) in [6.07, 6.45) is -1.35. The summed E-state index contributed by atoms with van der Waals surface area (Å²) in [6, 6.07) is 6.71. The summed E-state index contributed by atoms with van der Waals surface area (Å²) in [5.41, 5.74) is 1.21. The average Bonchev–Trinajstić information content (AvgIpc) is 3.05. The van der Waals surface area contributed by atoms with E-state index in [1.54, 1.807) is 25.1 Å². The number of hydrogen-bond acceptors (Lipinski definition) is 5. The molecule has 102 valence electrons. The molecular weight excluding hydrogens is 280 g/mol. The van der Waals surface area contributed by atoms with Gasteiger partial charge in [0.05, 0.1) is 4.88 Å². The number of aryl methyl sites for hydroxylation is 1. The lowest BCUT2D eigenvalue weighted by Gasteiger charge is -2.05. The van der Waals surface area contributed by atoms with E-state index >= 15 is 0 Å². The number of hydrogen-bond donors (Lipinski definition) is 1. The molecule has 2 heterocycles. The van der Waals surface area contributed by atoms with E-state index in [1.807, 2.05) is 5.38 Å². The van der Waals surface area contributed by atoms with Crippen molar-refractivity contribution in [3.8, 4) is 11.5 Å². The van der Waals surface area contributed by atoms with Crippen LogP contribution in [0.3, 0.4) is 0 Å². The Kier molecular flexibility index (Phi) is 2.94. The van der Waals surface area contributed by atoms with Gasteiger partial charge in [-0.2, -0.15) is 0 Å². The third-order valence-corrected chi connectivity index (χ3v) is 3.82. The van der Waals surface area contributed by atoms with E-state index in [9.17, 15) is 9.59 Å². The number of fused-ring (bicyclic) bond motifs is 1. The zero-order valence-electron chi connectivity index (χ0n) is 10.5. The highest BCUT2D eigenvalue weighted by molar-refractivity contribution is 7.12. The van der Waals surface area contributed by atoms with Crippen LogP contribution in [0.25, 0.3) is 0 Å². The van der Waals surface area contributed by atoms with Gasteiger partial charge in [0, 0.05) is 5.56 Å². The van der Waals surface area contributed by atoms with Gasteiger partial charge in [-0.25, -0.2) is 4.79 Å². The molecule has 1 aliphatic rings. The van der Waals surface area contributed by atoms with Crippen molar-refractivity contribution in [3.05, 3.63) is 45.6 Å². The van der Waals surface area contributed by atoms with E-state index in [2.05, 4.69) is 0 Å². The number of thiophene rings is 1. The minimum Gasteiger partial charge on any atom is -0.476 e. The molecule has 0 saturated carbocycles. The van der Waals surface area contributed by atoms with Crippen LogP contribution in [0.4, 0.5) is 0 Å². The second-order valence-corrected chi connectivity index (χ2v) is 5.27. The molecule has 1 aromatic carbocycles. The highest BCUT2D eigenvalue weighted by Crippen LogP contribution is 2.37. The molecule has 6 heteroatoms. The van der Waals surface area contributed by atoms with E-state index in [-0.39, 0.29) is 11.5 Å². The van der Waals surface area contributed by atoms with Crippen LogP contribution < -0.4 is 9.47 Å². The van der Waals surface area contributed by atoms with Crippen molar-refractivity contribution in [2.24, 2.45) is 0 Å². The number of aliphatic carboxylic acids is 1. The Morgan fingerprint density at radius 1 is 1.25 bits per heavy atom. The topological polar surface area (TPSA) is 72.8 Å². The number of carboxylic acids is 1. The van der Waals surface area contributed by atoms with Gasteiger partial charge < -0.3 is 14.6 Å². The molecule has 1 atom stereocenters. The van der Waals surface area contributed by atoms with Crippen LogP contribution in [0.1, 0.15) is 20.8 Å². The quantitative estimate of drug-likeness (QED) is 0.879. The van der Waals surface area contributed by atoms with Gasteiger partial charge in [0.25, 0.3) is 0 Å². The second kappa shape index (κ2) is 4.64. The number of benzene rings is 1. The largest absolute Gasteiger partial charge is 0.476 e. The fraction of sp³-hybridized carbons (Fsp3) is 0.143. The SMILES string of the molecule is Cc1cc2c(cc1C(=O)c1cccs1)OC(C(=O)O)O2. The molecule has 1 N–H and O–H groups in total. The van der Waals surface area contributed by atoms with Crippen LogP contribution in [0.15, 0.2) is 29.6 Å². The highest BCUT2D eigenvalue weighted by atomic mass is 32.1. The molecule has 0 aliphatic carbocycles. The number of rotatable bonds is 3. The highest BCUT2D eigenvalue weighted by Gasteiger charge is 2.32. The lowest BCUT2D eigenvalue weighted by Crippen LogP contribution is -2.28. The number of ether oxygens (including phenoxy) is 2. The zero-order chi connectivity index (χ0) is 14.3. The maximum absolute atomic E-state index is 12.3. The van der Waals surface area contributed by atoms with E-state index in [4.69, 9.17) is 14.6 Å². The first-order valence-corrected chi connectivity index (χ1v) is 6.73. The molecule has 0 fully saturated rings. The van der Waals surface area contributed by atoms with Crippen LogP contribution in [0.2, 0.25) is 0 Å². The fourth-order valence-electron chi connectivity index (χ4n) is 1.99. The average molecular weight is 290 g/mol. The smallest absolute Gasteiger partial charge is 0.387 e. The maximum Gasteiger partial charge on any atom is 0.387 e. The molecule has 0 spiro atoms. The number of carbonyl (C=O) groups excluding carboxylic acids is 1. The Morgan fingerprint density at radius 2 is 1.95 bits per heavy atom. The van der Waals surface area contributed by atoms with Gasteiger partial charge in [-0.1, -0.05) is 6.07 Å². The van der Waals surface area contributed by atoms with Crippen LogP contribution in [-0.2, 0) is 4.79 Å². The summed E-state index contributed by atoms with van der Waals surface area (Å²) in [5, 5.41) is 10.7. The molecule has 0 bridgehead atoms. The van der Waals surface area contributed by atoms with Gasteiger partial charge in [0.1, 0.15) is 0 Å². The minimum absolute atomic E-state index is 0.109. The monoisotopic (exact) mass is 290 g/mol. The third kappa shape index (κ3) is 2.04. The van der Waals surface area contributed by atoms with Gasteiger partial charge in [0.15, 0.2) is 11.5 Å². The first kappa shape index (κ1) is 12.7. The fourth-order valence-corrected chi connectivity index (χ4v) is 2.66. The van der Waals surface area contributed by atoms with E-state index in [1.165, 1.54) is 17.4 Å². The molecule has 20 heavy (non-hydrogen) atoms. The van der Waals surface area contributed by atoms with Crippen LogP contribution in [0.5, 0.6) is 11.5 Å². The number of ketones is 1. The van der Waals surface area contributed by atoms with Crippen LogP contribution >= 0.6 is 11.3 Å². The predicted molar refractivity (Wildman–Crippen MR) is 71.6 cm³/mol. The summed E-state index contributed by atoms with van der Waals surface area (Å²) in [6.45, 7) is 1.78. The van der Waals surface area contributed by atoms with E-state index in [0.717, 1.165) is 5.56 Å². The van der Waals surface area contributed by atoms with Crippen LogP contribution in [-0.4, -0.2) is 23.1 Å². The molecular formula is C14H10O5S. The van der Waals surface area contributed by atoms with Crippen molar-refractivity contribution in [3.63, 3.8) is 0 Å². The molecule has 0 radical (unpaired) electrons. The van der Waals surface area contributed by atoms with E-state index < -0.39 is 12.3 Å². The third-order valence-electron chi connectivity index (χ3n) is 2.95. The Balaban J connectivity index is 1.98. The van der Waals surface area contributed by atoms with Crippen LogP contribution in [0, 0.1) is 6.92 Å². The number of carboxylic acid groups (broad SMARTS) is 1. The summed E-state index contributed by atoms with van der Waals surface area (Å²) in [7, 11) is 0.